The van der Waals surface area contributed by atoms with Gasteiger partial charge in [-0.15, -0.1) is 0 Å². The molecule has 24 heavy (non-hydrogen) atoms. The Balaban J connectivity index is 1.85. The first-order chi connectivity index (χ1) is 11.3. The van der Waals surface area contributed by atoms with Gasteiger partial charge >= 0.3 is 5.97 Å². The van der Waals surface area contributed by atoms with Crippen molar-refractivity contribution in [1.82, 2.24) is 4.98 Å². The van der Waals surface area contributed by atoms with Crippen molar-refractivity contribution in [2.24, 2.45) is 0 Å². The van der Waals surface area contributed by atoms with Gasteiger partial charge in [-0.3, -0.25) is 0 Å². The summed E-state index contributed by atoms with van der Waals surface area (Å²) < 4.78 is 6.10. The summed E-state index contributed by atoms with van der Waals surface area (Å²) >= 11 is 3.41. The van der Waals surface area contributed by atoms with Crippen molar-refractivity contribution < 1.29 is 9.53 Å². The SMILES string of the molecule is CC(C)(C)OC(=O)c1nc(N2CCc3ccccc3C2)ccc1Br. The van der Waals surface area contributed by atoms with E-state index in [4.69, 9.17) is 4.74 Å². The van der Waals surface area contributed by atoms with Crippen LogP contribution in [0.3, 0.4) is 0 Å². The van der Waals surface area contributed by atoms with Gasteiger partial charge in [-0.1, -0.05) is 24.3 Å². The monoisotopic (exact) mass is 388 g/mol. The van der Waals surface area contributed by atoms with E-state index in [2.05, 4.69) is 50.1 Å². The van der Waals surface area contributed by atoms with Crippen LogP contribution >= 0.6 is 15.9 Å². The molecule has 5 heteroatoms. The summed E-state index contributed by atoms with van der Waals surface area (Å²) in [6.07, 6.45) is 0.982. The summed E-state index contributed by atoms with van der Waals surface area (Å²) in [5, 5.41) is 0. The molecule has 0 fully saturated rings. The molecule has 126 valence electrons. The number of pyridine rings is 1. The van der Waals surface area contributed by atoms with Gasteiger partial charge in [0.25, 0.3) is 0 Å². The van der Waals surface area contributed by atoms with E-state index in [1.807, 2.05) is 32.9 Å². The van der Waals surface area contributed by atoms with Gasteiger partial charge in [0.15, 0.2) is 5.69 Å². The standard InChI is InChI=1S/C19H21BrN2O2/c1-19(2,3)24-18(23)17-15(20)8-9-16(21-17)22-11-10-13-6-4-5-7-14(13)12-22/h4-9H,10-12H2,1-3H3. The molecule has 2 heterocycles. The molecule has 0 saturated heterocycles. The highest BCUT2D eigenvalue weighted by Crippen LogP contribution is 2.26. The molecule has 0 radical (unpaired) electrons. The highest BCUT2D eigenvalue weighted by atomic mass is 79.9. The van der Waals surface area contributed by atoms with Gasteiger partial charge in [-0.25, -0.2) is 9.78 Å². The number of anilines is 1. The number of benzene rings is 1. The summed E-state index contributed by atoms with van der Waals surface area (Å²) in [6, 6.07) is 12.3. The molecule has 1 aromatic heterocycles. The number of fused-ring (bicyclic) bond motifs is 1. The highest BCUT2D eigenvalue weighted by molar-refractivity contribution is 9.10. The van der Waals surface area contributed by atoms with Gasteiger partial charge in [0.2, 0.25) is 0 Å². The maximum atomic E-state index is 12.4. The van der Waals surface area contributed by atoms with Crippen LogP contribution in [0.15, 0.2) is 40.9 Å². The van der Waals surface area contributed by atoms with E-state index in [1.165, 1.54) is 11.1 Å². The fourth-order valence-electron chi connectivity index (χ4n) is 2.77. The van der Waals surface area contributed by atoms with Gasteiger partial charge in [-0.2, -0.15) is 0 Å². The predicted molar refractivity (Wildman–Crippen MR) is 98.3 cm³/mol. The third kappa shape index (κ3) is 3.78. The summed E-state index contributed by atoms with van der Waals surface area (Å²) in [4.78, 5) is 19.1. The molecule has 4 nitrogen and oxygen atoms in total. The average Bonchev–Trinajstić information content (AvgIpc) is 2.53. The van der Waals surface area contributed by atoms with Crippen molar-refractivity contribution in [3.63, 3.8) is 0 Å². The number of ether oxygens (including phenoxy) is 1. The van der Waals surface area contributed by atoms with E-state index in [0.717, 1.165) is 25.3 Å². The Labute approximate surface area is 151 Å². The van der Waals surface area contributed by atoms with Crippen molar-refractivity contribution in [1.29, 1.82) is 0 Å². The van der Waals surface area contributed by atoms with E-state index in [-0.39, 0.29) is 0 Å². The number of carbonyl (C=O) groups excluding carboxylic acids is 1. The van der Waals surface area contributed by atoms with Crippen LogP contribution in [-0.4, -0.2) is 23.1 Å². The first kappa shape index (κ1) is 17.0. The number of nitrogens with zero attached hydrogens (tertiary/aromatic N) is 2. The predicted octanol–water partition coefficient (Wildman–Crippen LogP) is 4.36. The van der Waals surface area contributed by atoms with Crippen molar-refractivity contribution in [2.75, 3.05) is 11.4 Å². The van der Waals surface area contributed by atoms with Crippen LogP contribution in [-0.2, 0) is 17.7 Å². The van der Waals surface area contributed by atoms with E-state index in [9.17, 15) is 4.79 Å². The molecule has 0 unspecified atom stereocenters. The van der Waals surface area contributed by atoms with Crippen LogP contribution in [0.5, 0.6) is 0 Å². The molecule has 1 aliphatic heterocycles. The Morgan fingerprint density at radius 1 is 1.17 bits per heavy atom. The molecular weight excluding hydrogens is 368 g/mol. The molecule has 1 aliphatic rings. The van der Waals surface area contributed by atoms with Crippen molar-refractivity contribution in [3.05, 3.63) is 57.7 Å². The van der Waals surface area contributed by atoms with Crippen LogP contribution in [0.4, 0.5) is 5.82 Å². The van der Waals surface area contributed by atoms with Gasteiger partial charge in [-0.05, 0) is 66.4 Å². The zero-order valence-corrected chi connectivity index (χ0v) is 15.8. The van der Waals surface area contributed by atoms with Crippen LogP contribution in [0.25, 0.3) is 0 Å². The third-order valence-corrected chi connectivity index (χ3v) is 4.52. The first-order valence-electron chi connectivity index (χ1n) is 8.05. The quantitative estimate of drug-likeness (QED) is 0.716. The fraction of sp³-hybridized carbons (Fsp3) is 0.368. The molecule has 0 saturated carbocycles. The smallest absolute Gasteiger partial charge is 0.358 e. The van der Waals surface area contributed by atoms with Gasteiger partial charge in [0, 0.05) is 13.1 Å². The van der Waals surface area contributed by atoms with Crippen molar-refractivity contribution in [3.8, 4) is 0 Å². The van der Waals surface area contributed by atoms with Crippen LogP contribution in [0, 0.1) is 0 Å². The molecule has 0 bridgehead atoms. The minimum Gasteiger partial charge on any atom is -0.455 e. The highest BCUT2D eigenvalue weighted by Gasteiger charge is 2.23. The van der Waals surface area contributed by atoms with Crippen molar-refractivity contribution in [2.45, 2.75) is 39.3 Å². The van der Waals surface area contributed by atoms with Crippen LogP contribution in [0.1, 0.15) is 42.4 Å². The molecular formula is C19H21BrN2O2. The Kier molecular flexibility index (Phi) is 4.63. The largest absolute Gasteiger partial charge is 0.455 e. The van der Waals surface area contributed by atoms with Crippen LogP contribution in [0.2, 0.25) is 0 Å². The lowest BCUT2D eigenvalue weighted by Gasteiger charge is -2.30. The minimum absolute atomic E-state index is 0.321. The number of aromatic nitrogens is 1. The number of esters is 1. The summed E-state index contributed by atoms with van der Waals surface area (Å²) in [7, 11) is 0. The van der Waals surface area contributed by atoms with E-state index < -0.39 is 11.6 Å². The molecule has 0 N–H and O–H groups in total. The average molecular weight is 389 g/mol. The van der Waals surface area contributed by atoms with Crippen molar-refractivity contribution >= 4 is 27.7 Å². The van der Waals surface area contributed by atoms with Crippen LogP contribution < -0.4 is 4.90 Å². The summed E-state index contributed by atoms with van der Waals surface area (Å²) in [6.45, 7) is 7.25. The number of hydrogen-bond acceptors (Lipinski definition) is 4. The number of rotatable bonds is 2. The second-order valence-electron chi connectivity index (χ2n) is 6.94. The zero-order chi connectivity index (χ0) is 17.3. The molecule has 2 aromatic rings. The Morgan fingerprint density at radius 3 is 2.58 bits per heavy atom. The van der Waals surface area contributed by atoms with Gasteiger partial charge < -0.3 is 9.64 Å². The topological polar surface area (TPSA) is 42.4 Å². The van der Waals surface area contributed by atoms with Gasteiger partial charge in [0.1, 0.15) is 11.4 Å². The van der Waals surface area contributed by atoms with E-state index in [1.54, 1.807) is 0 Å². The Hall–Kier alpha value is -1.88. The second-order valence-corrected chi connectivity index (χ2v) is 7.80. The Bertz CT molecular complexity index is 768. The lowest BCUT2D eigenvalue weighted by molar-refractivity contribution is 0.00618. The minimum atomic E-state index is -0.543. The maximum Gasteiger partial charge on any atom is 0.358 e. The number of hydrogen-bond donors (Lipinski definition) is 0. The van der Waals surface area contributed by atoms with Gasteiger partial charge in [0.05, 0.1) is 4.47 Å². The molecule has 0 atom stereocenters. The number of halogens is 1. The van der Waals surface area contributed by atoms with E-state index in [0.29, 0.717) is 10.2 Å². The Morgan fingerprint density at radius 2 is 1.88 bits per heavy atom. The number of carbonyl (C=O) groups is 1. The second kappa shape index (κ2) is 6.55. The normalized spacial score (nSPS) is 14.2. The molecule has 3 rings (SSSR count). The maximum absolute atomic E-state index is 12.4. The third-order valence-electron chi connectivity index (χ3n) is 3.88. The summed E-state index contributed by atoms with van der Waals surface area (Å²) in [5.41, 5.74) is 2.48. The zero-order valence-electron chi connectivity index (χ0n) is 14.2. The molecule has 0 amide bonds. The molecule has 0 aliphatic carbocycles. The van der Waals surface area contributed by atoms with E-state index >= 15 is 0 Å². The molecule has 0 spiro atoms. The lowest BCUT2D eigenvalue weighted by Crippen LogP contribution is -2.31. The summed E-state index contributed by atoms with van der Waals surface area (Å²) in [5.74, 6) is 0.391. The lowest BCUT2D eigenvalue weighted by atomic mass is 10.00. The molecule has 1 aromatic carbocycles. The first-order valence-corrected chi connectivity index (χ1v) is 8.84. The fourth-order valence-corrected chi connectivity index (χ4v) is 3.15.